The van der Waals surface area contributed by atoms with Crippen LogP contribution in [-0.2, 0) is 26.2 Å². The predicted molar refractivity (Wildman–Crippen MR) is 170 cm³/mol. The highest BCUT2D eigenvalue weighted by molar-refractivity contribution is 7.92. The van der Waals surface area contributed by atoms with E-state index < -0.39 is 28.5 Å². The number of methoxy groups -OCH3 is 1. The van der Waals surface area contributed by atoms with Crippen LogP contribution in [0.3, 0.4) is 0 Å². The van der Waals surface area contributed by atoms with Crippen molar-refractivity contribution < 1.29 is 22.7 Å². The Morgan fingerprint density at radius 1 is 0.977 bits per heavy atom. The summed E-state index contributed by atoms with van der Waals surface area (Å²) in [5, 5.41) is 3.76. The van der Waals surface area contributed by atoms with E-state index in [-0.39, 0.29) is 34.8 Å². The number of benzene rings is 3. The van der Waals surface area contributed by atoms with Gasteiger partial charge in [-0.3, -0.25) is 13.9 Å². The third-order valence-electron chi connectivity index (χ3n) is 7.67. The number of nitrogens with one attached hydrogen (secondary N) is 1. The quantitative estimate of drug-likeness (QED) is 0.261. The van der Waals surface area contributed by atoms with Crippen molar-refractivity contribution in [1.29, 1.82) is 0 Å². The normalized spacial score (nSPS) is 14.5. The number of rotatable bonds is 11. The first-order chi connectivity index (χ1) is 20.5. The summed E-state index contributed by atoms with van der Waals surface area (Å²) in [6.07, 6.45) is 4.98. The molecule has 11 heteroatoms. The predicted octanol–water partition coefficient (Wildman–Crippen LogP) is 6.37. The van der Waals surface area contributed by atoms with Crippen molar-refractivity contribution in [3.63, 3.8) is 0 Å². The number of sulfonamides is 1. The second-order valence-electron chi connectivity index (χ2n) is 10.8. The van der Waals surface area contributed by atoms with Crippen LogP contribution in [0, 0.1) is 6.92 Å². The van der Waals surface area contributed by atoms with Gasteiger partial charge in [-0.25, -0.2) is 8.42 Å². The zero-order chi connectivity index (χ0) is 31.1. The molecule has 2 amide bonds. The number of hydrogen-bond acceptors (Lipinski definition) is 5. The summed E-state index contributed by atoms with van der Waals surface area (Å²) in [5.41, 5.74) is 1.64. The average molecular weight is 647 g/mol. The van der Waals surface area contributed by atoms with Crippen LogP contribution in [0.4, 0.5) is 5.69 Å². The maximum absolute atomic E-state index is 14.2. The zero-order valence-electron chi connectivity index (χ0n) is 24.6. The summed E-state index contributed by atoms with van der Waals surface area (Å²) in [5.74, 6) is -0.580. The van der Waals surface area contributed by atoms with E-state index >= 15 is 0 Å². The van der Waals surface area contributed by atoms with E-state index in [9.17, 15) is 18.0 Å². The van der Waals surface area contributed by atoms with Gasteiger partial charge in [-0.05, 0) is 74.2 Å². The zero-order valence-corrected chi connectivity index (χ0v) is 26.9. The number of halogens is 2. The molecule has 8 nitrogen and oxygen atoms in total. The van der Waals surface area contributed by atoms with Crippen molar-refractivity contribution in [2.45, 2.75) is 69.5 Å². The molecule has 1 saturated carbocycles. The summed E-state index contributed by atoms with van der Waals surface area (Å²) in [6.45, 7) is 2.92. The Morgan fingerprint density at radius 2 is 1.67 bits per heavy atom. The van der Waals surface area contributed by atoms with Gasteiger partial charge in [0.15, 0.2) is 0 Å². The molecule has 1 fully saturated rings. The van der Waals surface area contributed by atoms with Crippen LogP contribution in [0.2, 0.25) is 10.0 Å². The molecule has 43 heavy (non-hydrogen) atoms. The van der Waals surface area contributed by atoms with Crippen LogP contribution in [0.25, 0.3) is 0 Å². The topological polar surface area (TPSA) is 96.0 Å². The first kappa shape index (κ1) is 32.6. The minimum absolute atomic E-state index is 0.0130. The maximum atomic E-state index is 14.2. The van der Waals surface area contributed by atoms with E-state index in [4.69, 9.17) is 27.9 Å². The largest absolute Gasteiger partial charge is 0.495 e. The fourth-order valence-corrected chi connectivity index (χ4v) is 6.97. The van der Waals surface area contributed by atoms with Crippen LogP contribution < -0.4 is 14.4 Å². The van der Waals surface area contributed by atoms with Crippen LogP contribution >= 0.6 is 23.2 Å². The fraction of sp³-hybridized carbons (Fsp3) is 0.375. The van der Waals surface area contributed by atoms with Gasteiger partial charge in [-0.2, -0.15) is 0 Å². The summed E-state index contributed by atoms with van der Waals surface area (Å²) in [6, 6.07) is 17.2. The smallest absolute Gasteiger partial charge is 0.264 e. The number of hydrogen-bond donors (Lipinski definition) is 1. The summed E-state index contributed by atoms with van der Waals surface area (Å²) >= 11 is 12.4. The van der Waals surface area contributed by atoms with Gasteiger partial charge < -0.3 is 15.0 Å². The lowest BCUT2D eigenvalue weighted by Crippen LogP contribution is -2.53. The summed E-state index contributed by atoms with van der Waals surface area (Å²) < 4.78 is 34.7. The third kappa shape index (κ3) is 8.02. The highest BCUT2D eigenvalue weighted by Crippen LogP contribution is 2.34. The Labute approximate surface area is 264 Å². The Bertz CT molecular complexity index is 1550. The fourth-order valence-electron chi connectivity index (χ4n) is 5.21. The highest BCUT2D eigenvalue weighted by Gasteiger charge is 2.34. The Kier molecular flexibility index (Phi) is 11.0. The van der Waals surface area contributed by atoms with E-state index in [1.165, 1.54) is 24.1 Å². The number of amides is 2. The van der Waals surface area contributed by atoms with Crippen molar-refractivity contribution in [3.8, 4) is 5.75 Å². The van der Waals surface area contributed by atoms with Crippen LogP contribution in [-0.4, -0.2) is 50.9 Å². The lowest BCUT2D eigenvalue weighted by Gasteiger charge is -2.33. The van der Waals surface area contributed by atoms with Gasteiger partial charge in [0, 0.05) is 12.6 Å². The molecular weight excluding hydrogens is 609 g/mol. The first-order valence-corrected chi connectivity index (χ1v) is 16.5. The van der Waals surface area contributed by atoms with E-state index in [1.807, 2.05) is 6.92 Å². The number of ether oxygens (including phenoxy) is 1. The third-order valence-corrected chi connectivity index (χ3v) is 10.2. The van der Waals surface area contributed by atoms with Crippen molar-refractivity contribution in [2.24, 2.45) is 0 Å². The molecule has 0 aliphatic heterocycles. The molecule has 230 valence electrons. The molecule has 0 heterocycles. The minimum Gasteiger partial charge on any atom is -0.495 e. The van der Waals surface area contributed by atoms with Gasteiger partial charge in [-0.15, -0.1) is 0 Å². The van der Waals surface area contributed by atoms with Crippen molar-refractivity contribution >= 4 is 50.7 Å². The number of nitrogens with zero attached hydrogens (tertiary/aromatic N) is 2. The highest BCUT2D eigenvalue weighted by atomic mass is 35.5. The molecule has 1 aliphatic carbocycles. The van der Waals surface area contributed by atoms with Gasteiger partial charge in [-0.1, -0.05) is 72.8 Å². The number of anilines is 1. The lowest BCUT2D eigenvalue weighted by atomic mass is 9.95. The molecular formula is C32H37Cl2N3O5S. The molecule has 1 atom stereocenters. The monoisotopic (exact) mass is 645 g/mol. The standard InChI is InChI=1S/C32H37Cl2N3O5S/c1-22-14-17-30(42-3)29(18-22)37(43(40,41)26-12-8-5-9-13-26)21-31(38)36(20-24-15-16-27(33)28(34)19-24)23(2)32(39)35-25-10-6-4-7-11-25/h5,8-9,12-19,23,25H,4,6-7,10-11,20-21H2,1-3H3,(H,35,39)/t23-/m0/s1. The average Bonchev–Trinajstić information content (AvgIpc) is 3.00. The van der Waals surface area contributed by atoms with Gasteiger partial charge in [0.2, 0.25) is 11.8 Å². The van der Waals surface area contributed by atoms with Gasteiger partial charge in [0.1, 0.15) is 18.3 Å². The second-order valence-corrected chi connectivity index (χ2v) is 13.5. The molecule has 0 aromatic heterocycles. The maximum Gasteiger partial charge on any atom is 0.264 e. The molecule has 0 saturated heterocycles. The minimum atomic E-state index is -4.22. The number of carbonyl (C=O) groups excluding carboxylic acids is 2. The molecule has 0 bridgehead atoms. The van der Waals surface area contributed by atoms with Crippen molar-refractivity contribution in [2.75, 3.05) is 18.0 Å². The summed E-state index contributed by atoms with van der Waals surface area (Å²) in [4.78, 5) is 29.1. The van der Waals surface area contributed by atoms with E-state index in [0.29, 0.717) is 15.6 Å². The van der Waals surface area contributed by atoms with Crippen molar-refractivity contribution in [1.82, 2.24) is 10.2 Å². The first-order valence-electron chi connectivity index (χ1n) is 14.3. The van der Waals surface area contributed by atoms with E-state index in [0.717, 1.165) is 42.0 Å². The van der Waals surface area contributed by atoms with Crippen molar-refractivity contribution in [3.05, 3.63) is 87.9 Å². The molecule has 1 N–H and O–H groups in total. The van der Waals surface area contributed by atoms with Gasteiger partial charge in [0.25, 0.3) is 10.0 Å². The molecule has 1 aliphatic rings. The number of carbonyl (C=O) groups is 2. The molecule has 0 spiro atoms. The van der Waals surface area contributed by atoms with E-state index in [2.05, 4.69) is 5.32 Å². The Balaban J connectivity index is 1.73. The van der Waals surface area contributed by atoms with Crippen LogP contribution in [0.1, 0.15) is 50.2 Å². The van der Waals surface area contributed by atoms with Gasteiger partial charge >= 0.3 is 0 Å². The Hall–Kier alpha value is -3.27. The number of aryl methyl sites for hydroxylation is 1. The molecule has 0 unspecified atom stereocenters. The van der Waals surface area contributed by atoms with Gasteiger partial charge in [0.05, 0.1) is 27.7 Å². The molecule has 3 aromatic rings. The lowest BCUT2D eigenvalue weighted by molar-refractivity contribution is -0.139. The summed E-state index contributed by atoms with van der Waals surface area (Å²) in [7, 11) is -2.78. The molecule has 0 radical (unpaired) electrons. The molecule has 4 rings (SSSR count). The molecule has 3 aromatic carbocycles. The van der Waals surface area contributed by atoms with Crippen LogP contribution in [0.15, 0.2) is 71.6 Å². The van der Waals surface area contributed by atoms with E-state index in [1.54, 1.807) is 61.5 Å². The van der Waals surface area contributed by atoms with Crippen LogP contribution in [0.5, 0.6) is 5.75 Å². The SMILES string of the molecule is COc1ccc(C)cc1N(CC(=O)N(Cc1ccc(Cl)c(Cl)c1)[C@@H](C)C(=O)NC1CCCCC1)S(=O)(=O)c1ccccc1. The second kappa shape index (κ2) is 14.5. The Morgan fingerprint density at radius 3 is 2.33 bits per heavy atom.